The molecule has 0 amide bonds. The molecule has 0 bridgehead atoms. The number of aryl methyl sites for hydroxylation is 1. The van der Waals surface area contributed by atoms with Crippen LogP contribution in [0, 0.1) is 0 Å². The lowest BCUT2D eigenvalue weighted by Crippen LogP contribution is -1.98. The van der Waals surface area contributed by atoms with Gasteiger partial charge in [-0.2, -0.15) is 0 Å². The maximum atomic E-state index is 9.39. The molecule has 2 aromatic rings. The van der Waals surface area contributed by atoms with Gasteiger partial charge in [-0.05, 0) is 54.0 Å². The Morgan fingerprint density at radius 1 is 0.750 bits per heavy atom. The molecule has 1 unspecified atom stereocenters. The van der Waals surface area contributed by atoms with Gasteiger partial charge in [0.2, 0.25) is 0 Å². The molecular weight excluding hydrogens is 292 g/mol. The van der Waals surface area contributed by atoms with E-state index in [1.165, 1.54) is 61.6 Å². The molecule has 0 spiro atoms. The minimum atomic E-state index is 0.338. The van der Waals surface area contributed by atoms with Gasteiger partial charge >= 0.3 is 0 Å². The molecule has 1 N–H and O–H groups in total. The van der Waals surface area contributed by atoms with Crippen LogP contribution in [0.3, 0.4) is 0 Å². The molecule has 0 aliphatic heterocycles. The van der Waals surface area contributed by atoms with E-state index in [1.54, 1.807) is 12.1 Å². The Kier molecular flexibility index (Phi) is 7.88. The average molecular weight is 325 g/mol. The van der Waals surface area contributed by atoms with Gasteiger partial charge in [0, 0.05) is 0 Å². The zero-order valence-electron chi connectivity index (χ0n) is 15.3. The number of hydrogen-bond donors (Lipinski definition) is 1. The summed E-state index contributed by atoms with van der Waals surface area (Å²) >= 11 is 0. The summed E-state index contributed by atoms with van der Waals surface area (Å²) in [7, 11) is 0. The number of benzene rings is 2. The first-order valence-corrected chi connectivity index (χ1v) is 9.55. The van der Waals surface area contributed by atoms with Gasteiger partial charge < -0.3 is 5.11 Å². The van der Waals surface area contributed by atoms with Crippen LogP contribution in [0.2, 0.25) is 0 Å². The molecule has 1 nitrogen and oxygen atoms in total. The second-order valence-corrected chi connectivity index (χ2v) is 7.03. The maximum absolute atomic E-state index is 9.39. The van der Waals surface area contributed by atoms with Crippen molar-refractivity contribution >= 4 is 0 Å². The normalized spacial score (nSPS) is 12.2. The van der Waals surface area contributed by atoms with Gasteiger partial charge in [-0.3, -0.25) is 0 Å². The molecule has 1 heteroatoms. The second-order valence-electron chi connectivity index (χ2n) is 7.03. The summed E-state index contributed by atoms with van der Waals surface area (Å²) in [6.45, 7) is 4.51. The molecule has 2 rings (SSSR count). The minimum absolute atomic E-state index is 0.338. The molecule has 0 aromatic heterocycles. The lowest BCUT2D eigenvalue weighted by Gasteiger charge is -2.12. The SMILES string of the molecule is CCCCCCCCc1ccc(CC(C)c2ccc(O)cc2)cc1. The third-order valence-corrected chi connectivity index (χ3v) is 4.85. The summed E-state index contributed by atoms with van der Waals surface area (Å²) in [6.07, 6.45) is 10.4. The summed E-state index contributed by atoms with van der Waals surface area (Å²) < 4.78 is 0. The van der Waals surface area contributed by atoms with Crippen molar-refractivity contribution in [3.63, 3.8) is 0 Å². The van der Waals surface area contributed by atoms with E-state index in [2.05, 4.69) is 38.1 Å². The van der Waals surface area contributed by atoms with E-state index in [9.17, 15) is 5.11 Å². The van der Waals surface area contributed by atoms with Gasteiger partial charge in [0.1, 0.15) is 5.75 Å². The Hall–Kier alpha value is -1.76. The van der Waals surface area contributed by atoms with Crippen LogP contribution < -0.4 is 0 Å². The van der Waals surface area contributed by atoms with Crippen molar-refractivity contribution < 1.29 is 5.11 Å². The Bertz CT molecular complexity index is 568. The van der Waals surface area contributed by atoms with Crippen molar-refractivity contribution in [1.29, 1.82) is 0 Å². The van der Waals surface area contributed by atoms with Crippen LogP contribution in [-0.2, 0) is 12.8 Å². The fourth-order valence-electron chi connectivity index (χ4n) is 3.23. The first kappa shape index (κ1) is 18.6. The molecular formula is C23H32O. The summed E-state index contributed by atoms with van der Waals surface area (Å²) in [4.78, 5) is 0. The summed E-state index contributed by atoms with van der Waals surface area (Å²) in [5, 5.41) is 9.39. The lowest BCUT2D eigenvalue weighted by atomic mass is 9.93. The Morgan fingerprint density at radius 2 is 1.33 bits per heavy atom. The summed E-state index contributed by atoms with van der Waals surface area (Å²) in [6, 6.07) is 16.7. The first-order valence-electron chi connectivity index (χ1n) is 9.55. The molecule has 0 radical (unpaired) electrons. The number of hydrogen-bond acceptors (Lipinski definition) is 1. The Balaban J connectivity index is 1.76. The maximum Gasteiger partial charge on any atom is 0.115 e. The molecule has 0 saturated carbocycles. The fraction of sp³-hybridized carbons (Fsp3) is 0.478. The largest absolute Gasteiger partial charge is 0.508 e. The van der Waals surface area contributed by atoms with Crippen molar-refractivity contribution in [1.82, 2.24) is 0 Å². The zero-order chi connectivity index (χ0) is 17.2. The van der Waals surface area contributed by atoms with E-state index in [0.717, 1.165) is 6.42 Å². The highest BCUT2D eigenvalue weighted by Crippen LogP contribution is 2.23. The zero-order valence-corrected chi connectivity index (χ0v) is 15.3. The topological polar surface area (TPSA) is 20.2 Å². The van der Waals surface area contributed by atoms with Crippen molar-refractivity contribution in [2.45, 2.75) is 71.1 Å². The number of phenolic OH excluding ortho intramolecular Hbond substituents is 1. The van der Waals surface area contributed by atoms with Crippen LogP contribution >= 0.6 is 0 Å². The molecule has 0 heterocycles. The molecule has 130 valence electrons. The van der Waals surface area contributed by atoms with E-state index in [1.807, 2.05) is 12.1 Å². The van der Waals surface area contributed by atoms with Gasteiger partial charge in [0.15, 0.2) is 0 Å². The average Bonchev–Trinajstić information content (AvgIpc) is 2.60. The Labute approximate surface area is 147 Å². The van der Waals surface area contributed by atoms with Gasteiger partial charge in [-0.15, -0.1) is 0 Å². The van der Waals surface area contributed by atoms with Crippen LogP contribution in [0.15, 0.2) is 48.5 Å². The predicted octanol–water partition coefficient (Wildman–Crippen LogP) is 6.64. The molecule has 1 atom stereocenters. The quantitative estimate of drug-likeness (QED) is 0.486. The van der Waals surface area contributed by atoms with Gasteiger partial charge in [0.05, 0.1) is 0 Å². The van der Waals surface area contributed by atoms with Gasteiger partial charge in [-0.25, -0.2) is 0 Å². The first-order chi connectivity index (χ1) is 11.7. The Morgan fingerprint density at radius 3 is 2.00 bits per heavy atom. The van der Waals surface area contributed by atoms with E-state index >= 15 is 0 Å². The minimum Gasteiger partial charge on any atom is -0.508 e. The van der Waals surface area contributed by atoms with E-state index in [4.69, 9.17) is 0 Å². The lowest BCUT2D eigenvalue weighted by molar-refractivity contribution is 0.475. The van der Waals surface area contributed by atoms with Crippen LogP contribution in [0.25, 0.3) is 0 Å². The highest BCUT2D eigenvalue weighted by Gasteiger charge is 2.07. The van der Waals surface area contributed by atoms with E-state index in [-0.39, 0.29) is 0 Å². The highest BCUT2D eigenvalue weighted by molar-refractivity contribution is 5.30. The standard InChI is InChI=1S/C23H32O/c1-3-4-5-6-7-8-9-20-10-12-21(13-11-20)18-19(2)22-14-16-23(24)17-15-22/h10-17,19,24H,3-9,18H2,1-2H3. The van der Waals surface area contributed by atoms with Crippen LogP contribution in [-0.4, -0.2) is 5.11 Å². The van der Waals surface area contributed by atoms with Gasteiger partial charge in [-0.1, -0.05) is 82.3 Å². The molecule has 0 aliphatic carbocycles. The molecule has 0 fully saturated rings. The van der Waals surface area contributed by atoms with E-state index in [0.29, 0.717) is 11.7 Å². The highest BCUT2D eigenvalue weighted by atomic mass is 16.3. The number of aromatic hydroxyl groups is 1. The smallest absolute Gasteiger partial charge is 0.115 e. The summed E-state index contributed by atoms with van der Waals surface area (Å²) in [5.41, 5.74) is 4.14. The summed E-state index contributed by atoms with van der Waals surface area (Å²) in [5.74, 6) is 0.806. The number of rotatable bonds is 10. The predicted molar refractivity (Wildman–Crippen MR) is 104 cm³/mol. The number of phenols is 1. The van der Waals surface area contributed by atoms with Crippen molar-refractivity contribution in [2.75, 3.05) is 0 Å². The third kappa shape index (κ3) is 6.39. The molecule has 2 aromatic carbocycles. The van der Waals surface area contributed by atoms with Crippen LogP contribution in [0.4, 0.5) is 0 Å². The van der Waals surface area contributed by atoms with Crippen LogP contribution in [0.5, 0.6) is 5.75 Å². The number of unbranched alkanes of at least 4 members (excludes halogenated alkanes) is 5. The molecule has 24 heavy (non-hydrogen) atoms. The van der Waals surface area contributed by atoms with E-state index < -0.39 is 0 Å². The van der Waals surface area contributed by atoms with Crippen LogP contribution in [0.1, 0.15) is 75.0 Å². The van der Waals surface area contributed by atoms with Crippen molar-refractivity contribution in [3.8, 4) is 5.75 Å². The monoisotopic (exact) mass is 324 g/mol. The molecule has 0 saturated heterocycles. The van der Waals surface area contributed by atoms with Gasteiger partial charge in [0.25, 0.3) is 0 Å². The fourth-order valence-corrected chi connectivity index (χ4v) is 3.23. The second kappa shape index (κ2) is 10.2. The molecule has 0 aliphatic rings. The third-order valence-electron chi connectivity index (χ3n) is 4.85. The van der Waals surface area contributed by atoms with Crippen molar-refractivity contribution in [3.05, 3.63) is 65.2 Å². The van der Waals surface area contributed by atoms with Crippen molar-refractivity contribution in [2.24, 2.45) is 0 Å².